The van der Waals surface area contributed by atoms with Crippen molar-refractivity contribution in [1.29, 1.82) is 0 Å². The number of nitrogens with one attached hydrogen (secondary N) is 2. The van der Waals surface area contributed by atoms with Crippen LogP contribution in [0.5, 0.6) is 0 Å². The standard InChI is InChI=1S/C12H13N3O3S/c1-8(16)10-5-3-4-6-11(10)15-19(17,18)12-7-13-9(2)14-12/h3-7,15H,1-2H3,(H,13,14). The van der Waals surface area contributed by atoms with Crippen LogP contribution in [0.2, 0.25) is 0 Å². The van der Waals surface area contributed by atoms with Gasteiger partial charge < -0.3 is 4.98 Å². The first-order valence-electron chi connectivity index (χ1n) is 5.54. The molecule has 0 amide bonds. The SMILES string of the molecule is CC(=O)c1ccccc1NS(=O)(=O)c1cnc(C)[nH]1. The molecule has 6 nitrogen and oxygen atoms in total. The minimum atomic E-state index is -3.77. The number of para-hydroxylation sites is 1. The third-order valence-corrected chi connectivity index (χ3v) is 3.79. The molecule has 0 atom stereocenters. The van der Waals surface area contributed by atoms with E-state index in [0.29, 0.717) is 11.4 Å². The highest BCUT2D eigenvalue weighted by atomic mass is 32.2. The van der Waals surface area contributed by atoms with E-state index in [-0.39, 0.29) is 16.5 Å². The fraction of sp³-hybridized carbons (Fsp3) is 0.167. The van der Waals surface area contributed by atoms with E-state index in [0.717, 1.165) is 0 Å². The Bertz CT molecular complexity index is 719. The molecule has 2 rings (SSSR count). The van der Waals surface area contributed by atoms with Crippen LogP contribution in [-0.4, -0.2) is 24.2 Å². The number of hydrogen-bond acceptors (Lipinski definition) is 4. The van der Waals surface area contributed by atoms with Gasteiger partial charge in [-0.1, -0.05) is 12.1 Å². The van der Waals surface area contributed by atoms with Crippen molar-refractivity contribution in [2.75, 3.05) is 4.72 Å². The molecule has 19 heavy (non-hydrogen) atoms. The largest absolute Gasteiger partial charge is 0.332 e. The zero-order chi connectivity index (χ0) is 14.0. The number of carbonyl (C=O) groups excluding carboxylic acids is 1. The quantitative estimate of drug-likeness (QED) is 0.833. The smallest absolute Gasteiger partial charge is 0.279 e. The van der Waals surface area contributed by atoms with E-state index in [1.54, 1.807) is 25.1 Å². The minimum absolute atomic E-state index is 0.0386. The van der Waals surface area contributed by atoms with Gasteiger partial charge in [-0.2, -0.15) is 8.42 Å². The molecule has 0 saturated carbocycles. The van der Waals surface area contributed by atoms with E-state index in [1.807, 2.05) is 0 Å². The highest BCUT2D eigenvalue weighted by Crippen LogP contribution is 2.19. The molecule has 7 heteroatoms. The van der Waals surface area contributed by atoms with Gasteiger partial charge in [0, 0.05) is 5.56 Å². The Hall–Kier alpha value is -2.15. The van der Waals surface area contributed by atoms with Crippen molar-refractivity contribution in [1.82, 2.24) is 9.97 Å². The van der Waals surface area contributed by atoms with Crippen molar-refractivity contribution in [2.24, 2.45) is 0 Å². The number of anilines is 1. The lowest BCUT2D eigenvalue weighted by Crippen LogP contribution is -2.15. The Kier molecular flexibility index (Phi) is 3.39. The van der Waals surface area contributed by atoms with Gasteiger partial charge in [0.1, 0.15) is 5.82 Å². The van der Waals surface area contributed by atoms with Crippen LogP contribution in [0.15, 0.2) is 35.5 Å². The number of H-pyrrole nitrogens is 1. The Balaban J connectivity index is 2.39. The van der Waals surface area contributed by atoms with Crippen LogP contribution in [0.3, 0.4) is 0 Å². The third-order valence-electron chi connectivity index (χ3n) is 2.52. The summed E-state index contributed by atoms with van der Waals surface area (Å²) in [5, 5.41) is -0.0386. The van der Waals surface area contributed by atoms with Gasteiger partial charge in [-0.05, 0) is 26.0 Å². The van der Waals surface area contributed by atoms with Crippen molar-refractivity contribution in [2.45, 2.75) is 18.9 Å². The maximum Gasteiger partial charge on any atom is 0.279 e. The lowest BCUT2D eigenvalue weighted by Gasteiger charge is -2.09. The number of ketones is 1. The summed E-state index contributed by atoms with van der Waals surface area (Å²) in [5.74, 6) is 0.291. The molecule has 0 bridgehead atoms. The van der Waals surface area contributed by atoms with Crippen LogP contribution in [0, 0.1) is 6.92 Å². The summed E-state index contributed by atoms with van der Waals surface area (Å²) in [7, 11) is -3.77. The Labute approximate surface area is 110 Å². The van der Waals surface area contributed by atoms with Crippen molar-refractivity contribution >= 4 is 21.5 Å². The van der Waals surface area contributed by atoms with Gasteiger partial charge in [0.15, 0.2) is 10.8 Å². The summed E-state index contributed by atoms with van der Waals surface area (Å²) in [6, 6.07) is 6.44. The number of Topliss-reactive ketones (excluding diaryl/α,β-unsaturated/α-hetero) is 1. The summed E-state index contributed by atoms with van der Waals surface area (Å²) < 4.78 is 26.6. The third kappa shape index (κ3) is 2.82. The molecule has 0 unspecified atom stereocenters. The number of sulfonamides is 1. The normalized spacial score (nSPS) is 11.3. The molecule has 1 aromatic carbocycles. The van der Waals surface area contributed by atoms with Crippen LogP contribution in [0.25, 0.3) is 0 Å². The molecule has 0 aliphatic carbocycles. The fourth-order valence-corrected chi connectivity index (χ4v) is 2.66. The zero-order valence-corrected chi connectivity index (χ0v) is 11.3. The van der Waals surface area contributed by atoms with E-state index in [1.165, 1.54) is 19.2 Å². The Morgan fingerprint density at radius 2 is 2.00 bits per heavy atom. The minimum Gasteiger partial charge on any atom is -0.332 e. The summed E-state index contributed by atoms with van der Waals surface area (Å²) >= 11 is 0. The first-order valence-corrected chi connectivity index (χ1v) is 7.03. The summed E-state index contributed by atoms with van der Waals surface area (Å²) in [4.78, 5) is 17.9. The molecule has 100 valence electrons. The molecule has 2 aromatic rings. The number of aryl methyl sites for hydroxylation is 1. The van der Waals surface area contributed by atoms with Crippen LogP contribution in [0.4, 0.5) is 5.69 Å². The molecular weight excluding hydrogens is 266 g/mol. The molecule has 0 spiro atoms. The van der Waals surface area contributed by atoms with Crippen LogP contribution in [0.1, 0.15) is 23.1 Å². The Morgan fingerprint density at radius 1 is 1.32 bits per heavy atom. The summed E-state index contributed by atoms with van der Waals surface area (Å²) in [5.41, 5.74) is 0.574. The molecule has 0 aliphatic heterocycles. The monoisotopic (exact) mass is 279 g/mol. The van der Waals surface area contributed by atoms with E-state index >= 15 is 0 Å². The predicted octanol–water partition coefficient (Wildman–Crippen LogP) is 1.72. The lowest BCUT2D eigenvalue weighted by molar-refractivity contribution is 0.101. The number of rotatable bonds is 4. The second-order valence-corrected chi connectivity index (χ2v) is 5.69. The number of carbonyl (C=O) groups is 1. The molecule has 2 N–H and O–H groups in total. The van der Waals surface area contributed by atoms with E-state index in [4.69, 9.17) is 0 Å². The fourth-order valence-electron chi connectivity index (χ4n) is 1.61. The highest BCUT2D eigenvalue weighted by Gasteiger charge is 2.18. The topological polar surface area (TPSA) is 91.9 Å². The maximum absolute atomic E-state index is 12.1. The van der Waals surface area contributed by atoms with E-state index < -0.39 is 10.0 Å². The van der Waals surface area contributed by atoms with Crippen molar-refractivity contribution in [3.8, 4) is 0 Å². The number of aromatic amines is 1. The molecular formula is C12H13N3O3S. The van der Waals surface area contributed by atoms with Crippen LogP contribution < -0.4 is 4.72 Å². The van der Waals surface area contributed by atoms with Crippen molar-refractivity contribution in [3.63, 3.8) is 0 Å². The molecule has 1 aromatic heterocycles. The van der Waals surface area contributed by atoms with Gasteiger partial charge in [0.2, 0.25) is 0 Å². The highest BCUT2D eigenvalue weighted by molar-refractivity contribution is 7.92. The number of hydrogen-bond donors (Lipinski definition) is 2. The van der Waals surface area contributed by atoms with Crippen LogP contribution in [-0.2, 0) is 10.0 Å². The molecule has 0 saturated heterocycles. The Morgan fingerprint density at radius 3 is 2.58 bits per heavy atom. The lowest BCUT2D eigenvalue weighted by atomic mass is 10.1. The van der Waals surface area contributed by atoms with Crippen molar-refractivity contribution < 1.29 is 13.2 Å². The predicted molar refractivity (Wildman–Crippen MR) is 70.6 cm³/mol. The maximum atomic E-state index is 12.1. The first kappa shape index (κ1) is 13.3. The van der Waals surface area contributed by atoms with Crippen LogP contribution >= 0.6 is 0 Å². The molecule has 0 radical (unpaired) electrons. The molecule has 0 aliphatic rings. The van der Waals surface area contributed by atoms with E-state index in [2.05, 4.69) is 14.7 Å². The second-order valence-electron chi connectivity index (χ2n) is 4.04. The average Bonchev–Trinajstić information content (AvgIpc) is 2.76. The number of aromatic nitrogens is 2. The second kappa shape index (κ2) is 4.85. The molecule has 0 fully saturated rings. The number of nitrogens with zero attached hydrogens (tertiary/aromatic N) is 1. The number of benzene rings is 1. The van der Waals surface area contributed by atoms with E-state index in [9.17, 15) is 13.2 Å². The first-order chi connectivity index (χ1) is 8.90. The number of imidazole rings is 1. The summed E-state index contributed by atoms with van der Waals surface area (Å²) in [6.07, 6.45) is 1.23. The average molecular weight is 279 g/mol. The van der Waals surface area contributed by atoms with Gasteiger partial charge in [-0.15, -0.1) is 0 Å². The van der Waals surface area contributed by atoms with Gasteiger partial charge in [0.05, 0.1) is 11.9 Å². The summed E-state index contributed by atoms with van der Waals surface area (Å²) in [6.45, 7) is 3.04. The van der Waals surface area contributed by atoms with Gasteiger partial charge in [-0.25, -0.2) is 4.98 Å². The molecule has 1 heterocycles. The van der Waals surface area contributed by atoms with Crippen molar-refractivity contribution in [3.05, 3.63) is 41.9 Å². The van der Waals surface area contributed by atoms with Gasteiger partial charge in [-0.3, -0.25) is 9.52 Å². The zero-order valence-electron chi connectivity index (χ0n) is 10.5. The van der Waals surface area contributed by atoms with Gasteiger partial charge in [0.25, 0.3) is 10.0 Å². The van der Waals surface area contributed by atoms with Gasteiger partial charge >= 0.3 is 0 Å².